The fourth-order valence-electron chi connectivity index (χ4n) is 3.19. The molecule has 2 aromatic rings. The van der Waals surface area contributed by atoms with Gasteiger partial charge in [-0.05, 0) is 31.9 Å². The highest BCUT2D eigenvalue weighted by Crippen LogP contribution is 2.29. The molecule has 0 spiro atoms. The molecule has 28 heavy (non-hydrogen) atoms. The second-order valence-corrected chi connectivity index (χ2v) is 7.82. The number of hydrogen-bond acceptors (Lipinski definition) is 5. The first-order valence-corrected chi connectivity index (χ1v) is 10.1. The molecule has 0 radical (unpaired) electrons. The average Bonchev–Trinajstić information content (AvgIpc) is 3.07. The van der Waals surface area contributed by atoms with Gasteiger partial charge in [0, 0.05) is 54.8 Å². The van der Waals surface area contributed by atoms with E-state index < -0.39 is 0 Å². The molecule has 1 aliphatic rings. The molecular weight excluding hydrogens is 403 g/mol. The predicted molar refractivity (Wildman–Crippen MR) is 109 cm³/mol. The van der Waals surface area contributed by atoms with Crippen molar-refractivity contribution in [1.29, 1.82) is 0 Å². The number of benzene rings is 1. The second kappa shape index (κ2) is 9.45. The van der Waals surface area contributed by atoms with Crippen LogP contribution in [0, 0.1) is 18.7 Å². The Labute approximate surface area is 172 Å². The quantitative estimate of drug-likeness (QED) is 0.760. The van der Waals surface area contributed by atoms with E-state index in [-0.39, 0.29) is 17.8 Å². The highest BCUT2D eigenvalue weighted by atomic mass is 35.5. The van der Waals surface area contributed by atoms with E-state index in [0.717, 1.165) is 23.5 Å². The number of piperidine rings is 1. The number of carbonyl (C=O) groups excluding carboxylic acids is 1. The number of likely N-dealkylation sites (tertiary alicyclic amines) is 1. The summed E-state index contributed by atoms with van der Waals surface area (Å²) in [6, 6.07) is 4.46. The van der Waals surface area contributed by atoms with Crippen molar-refractivity contribution in [2.24, 2.45) is 5.92 Å². The molecule has 6 nitrogen and oxygen atoms in total. The molecule has 1 N–H and O–H groups in total. The lowest BCUT2D eigenvalue weighted by molar-refractivity contribution is 0.158. The minimum atomic E-state index is -0.350. The van der Waals surface area contributed by atoms with Gasteiger partial charge in [-0.1, -0.05) is 29.3 Å². The lowest BCUT2D eigenvalue weighted by Crippen LogP contribution is -2.43. The molecule has 0 bridgehead atoms. The van der Waals surface area contributed by atoms with Gasteiger partial charge in [-0.3, -0.25) is 5.32 Å². The van der Waals surface area contributed by atoms with E-state index in [9.17, 15) is 9.18 Å². The first-order chi connectivity index (χ1) is 13.5. The number of aromatic nitrogens is 2. The van der Waals surface area contributed by atoms with Crippen LogP contribution in [-0.2, 0) is 4.74 Å². The third kappa shape index (κ3) is 5.27. The first kappa shape index (κ1) is 20.7. The van der Waals surface area contributed by atoms with Crippen LogP contribution in [0.2, 0.25) is 5.02 Å². The SMILES string of the molecule is COCCC1CN(C(=O)Nc2nc(C)ns2)CC/C1=C\c1ccc(Cl)cc1F. The van der Waals surface area contributed by atoms with Crippen LogP contribution in [0.25, 0.3) is 6.08 Å². The third-order valence-electron chi connectivity index (χ3n) is 4.64. The van der Waals surface area contributed by atoms with Crippen LogP contribution >= 0.6 is 23.1 Å². The number of amides is 2. The average molecular weight is 425 g/mol. The molecule has 2 heterocycles. The summed E-state index contributed by atoms with van der Waals surface area (Å²) in [6.45, 7) is 3.43. The number of methoxy groups -OCH3 is 1. The summed E-state index contributed by atoms with van der Waals surface area (Å²) in [5, 5.41) is 3.65. The maximum Gasteiger partial charge on any atom is 0.323 e. The van der Waals surface area contributed by atoms with Crippen LogP contribution < -0.4 is 5.32 Å². The van der Waals surface area contributed by atoms with Gasteiger partial charge in [0.05, 0.1) is 0 Å². The summed E-state index contributed by atoms with van der Waals surface area (Å²) in [6.07, 6.45) is 3.29. The zero-order valence-electron chi connectivity index (χ0n) is 15.7. The summed E-state index contributed by atoms with van der Waals surface area (Å²) in [4.78, 5) is 18.5. The Balaban J connectivity index is 1.73. The molecule has 150 valence electrons. The van der Waals surface area contributed by atoms with Gasteiger partial charge in [-0.2, -0.15) is 4.37 Å². The molecule has 1 aromatic heterocycles. The lowest BCUT2D eigenvalue weighted by atomic mass is 9.88. The second-order valence-electron chi connectivity index (χ2n) is 6.64. The van der Waals surface area contributed by atoms with Crippen molar-refractivity contribution in [2.45, 2.75) is 19.8 Å². The van der Waals surface area contributed by atoms with Crippen molar-refractivity contribution in [3.8, 4) is 0 Å². The number of halogens is 2. The molecule has 1 fully saturated rings. The van der Waals surface area contributed by atoms with E-state index in [4.69, 9.17) is 16.3 Å². The minimum Gasteiger partial charge on any atom is -0.385 e. The van der Waals surface area contributed by atoms with E-state index in [1.165, 1.54) is 6.07 Å². The number of rotatable bonds is 5. The topological polar surface area (TPSA) is 67.3 Å². The van der Waals surface area contributed by atoms with Gasteiger partial charge >= 0.3 is 6.03 Å². The molecular formula is C19H22ClFN4O2S. The predicted octanol–water partition coefficient (Wildman–Crippen LogP) is 4.61. The van der Waals surface area contributed by atoms with Crippen molar-refractivity contribution >= 4 is 40.4 Å². The van der Waals surface area contributed by atoms with Crippen molar-refractivity contribution in [3.63, 3.8) is 0 Å². The Bertz CT molecular complexity index is 873. The number of ether oxygens (including phenoxy) is 1. The van der Waals surface area contributed by atoms with Gasteiger partial charge in [0.1, 0.15) is 11.6 Å². The normalized spacial score (nSPS) is 18.5. The van der Waals surface area contributed by atoms with Gasteiger partial charge in [-0.25, -0.2) is 14.2 Å². The summed E-state index contributed by atoms with van der Waals surface area (Å²) in [5.74, 6) is 0.370. The number of nitrogens with zero attached hydrogens (tertiary/aromatic N) is 3. The van der Waals surface area contributed by atoms with Gasteiger partial charge in [0.15, 0.2) is 0 Å². The van der Waals surface area contributed by atoms with Crippen molar-refractivity contribution in [3.05, 3.63) is 46.0 Å². The highest BCUT2D eigenvalue weighted by Gasteiger charge is 2.27. The molecule has 1 aromatic carbocycles. The third-order valence-corrected chi connectivity index (χ3v) is 5.59. The van der Waals surface area contributed by atoms with Crippen LogP contribution in [0.3, 0.4) is 0 Å². The maximum atomic E-state index is 14.2. The molecule has 3 rings (SSSR count). The van der Waals surface area contributed by atoms with Crippen LogP contribution in [-0.4, -0.2) is 47.1 Å². The summed E-state index contributed by atoms with van der Waals surface area (Å²) in [7, 11) is 1.65. The number of carbonyl (C=O) groups is 1. The largest absolute Gasteiger partial charge is 0.385 e. The van der Waals surface area contributed by atoms with E-state index in [2.05, 4.69) is 14.7 Å². The molecule has 9 heteroatoms. The van der Waals surface area contributed by atoms with Crippen LogP contribution in [0.4, 0.5) is 14.3 Å². The molecule has 1 saturated heterocycles. The minimum absolute atomic E-state index is 0.0886. The van der Waals surface area contributed by atoms with Gasteiger partial charge in [0.25, 0.3) is 0 Å². The molecule has 2 amide bonds. The van der Waals surface area contributed by atoms with Gasteiger partial charge in [0.2, 0.25) is 5.13 Å². The van der Waals surface area contributed by atoms with Crippen molar-refractivity contribution in [2.75, 3.05) is 32.1 Å². The Morgan fingerprint density at radius 2 is 2.36 bits per heavy atom. The molecule has 1 unspecified atom stereocenters. The Hall–Kier alpha value is -2.03. The fourth-order valence-corrected chi connectivity index (χ4v) is 3.91. The molecule has 0 saturated carbocycles. The Morgan fingerprint density at radius 3 is 3.04 bits per heavy atom. The van der Waals surface area contributed by atoms with E-state index >= 15 is 0 Å². The van der Waals surface area contributed by atoms with Crippen LogP contribution in [0.1, 0.15) is 24.2 Å². The summed E-state index contributed by atoms with van der Waals surface area (Å²) >= 11 is 7.00. The zero-order chi connectivity index (χ0) is 20.1. The Kier molecular flexibility index (Phi) is 6.98. The monoisotopic (exact) mass is 424 g/mol. The van der Waals surface area contributed by atoms with E-state index in [1.807, 2.05) is 6.08 Å². The number of urea groups is 1. The summed E-state index contributed by atoms with van der Waals surface area (Å²) in [5.41, 5.74) is 1.61. The van der Waals surface area contributed by atoms with E-state index in [1.54, 1.807) is 31.1 Å². The zero-order valence-corrected chi connectivity index (χ0v) is 17.3. The first-order valence-electron chi connectivity index (χ1n) is 8.97. The van der Waals surface area contributed by atoms with Crippen LogP contribution in [0.15, 0.2) is 23.8 Å². The number of hydrogen-bond donors (Lipinski definition) is 1. The number of nitrogens with one attached hydrogen (secondary N) is 1. The smallest absolute Gasteiger partial charge is 0.323 e. The maximum absolute atomic E-state index is 14.2. The lowest BCUT2D eigenvalue weighted by Gasteiger charge is -2.34. The fraction of sp³-hybridized carbons (Fsp3) is 0.421. The van der Waals surface area contributed by atoms with Crippen molar-refractivity contribution < 1.29 is 13.9 Å². The molecule has 1 aliphatic heterocycles. The van der Waals surface area contributed by atoms with E-state index in [0.29, 0.717) is 47.7 Å². The highest BCUT2D eigenvalue weighted by molar-refractivity contribution is 7.09. The van der Waals surface area contributed by atoms with Gasteiger partial charge in [-0.15, -0.1) is 0 Å². The standard InChI is InChI=1S/C19H22ClFN4O2S/c1-12-22-18(28-24-12)23-19(26)25-7-5-13(15(11-25)6-8-27-2)9-14-3-4-16(20)10-17(14)21/h3-4,9-10,15H,5-8,11H2,1-2H3,(H,22,23,24,26)/b13-9+. The van der Waals surface area contributed by atoms with Crippen molar-refractivity contribution in [1.82, 2.24) is 14.3 Å². The number of anilines is 1. The number of aryl methyl sites for hydroxylation is 1. The van der Waals surface area contributed by atoms with Gasteiger partial charge < -0.3 is 9.64 Å². The van der Waals surface area contributed by atoms with Crippen LogP contribution in [0.5, 0.6) is 0 Å². The molecule has 0 aliphatic carbocycles. The summed E-state index contributed by atoms with van der Waals surface area (Å²) < 4.78 is 23.5. The molecule has 1 atom stereocenters. The Morgan fingerprint density at radius 1 is 1.54 bits per heavy atom.